The molecule has 80 valence electrons. The quantitative estimate of drug-likeness (QED) is 0.784. The van der Waals surface area contributed by atoms with Crippen LogP contribution in [0.15, 0.2) is 24.5 Å². The molecule has 15 heavy (non-hydrogen) atoms. The van der Waals surface area contributed by atoms with Gasteiger partial charge in [-0.3, -0.25) is 9.78 Å². The maximum absolute atomic E-state index is 11.6. The van der Waals surface area contributed by atoms with E-state index in [-0.39, 0.29) is 5.91 Å². The Kier molecular flexibility index (Phi) is 3.36. The largest absolute Gasteiger partial charge is 0.338 e. The summed E-state index contributed by atoms with van der Waals surface area (Å²) in [5.41, 5.74) is 1.15. The molecule has 1 unspecified atom stereocenters. The van der Waals surface area contributed by atoms with Gasteiger partial charge < -0.3 is 4.90 Å². The number of pyridine rings is 1. The van der Waals surface area contributed by atoms with E-state index < -0.39 is 0 Å². The smallest absolute Gasteiger partial charge is 0.223 e. The van der Waals surface area contributed by atoms with E-state index >= 15 is 0 Å². The molecule has 4 heteroatoms. The van der Waals surface area contributed by atoms with Crippen molar-refractivity contribution in [3.63, 3.8) is 0 Å². The Labute approximate surface area is 97.6 Å². The monoisotopic (exact) mass is 268 g/mol. The second-order valence-electron chi connectivity index (χ2n) is 3.85. The van der Waals surface area contributed by atoms with E-state index in [4.69, 9.17) is 0 Å². The van der Waals surface area contributed by atoms with Crippen molar-refractivity contribution >= 4 is 21.8 Å². The van der Waals surface area contributed by atoms with Crippen molar-refractivity contribution in [2.45, 2.75) is 13.0 Å². The lowest BCUT2D eigenvalue weighted by Gasteiger charge is -2.15. The predicted molar refractivity (Wildman–Crippen MR) is 61.6 cm³/mol. The Bertz CT molecular complexity index is 342. The Morgan fingerprint density at radius 1 is 1.47 bits per heavy atom. The lowest BCUT2D eigenvalue weighted by atomic mass is 10.2. The number of rotatable bonds is 3. The molecule has 0 radical (unpaired) electrons. The fourth-order valence-electron chi connectivity index (χ4n) is 1.82. The molecule has 0 saturated carbocycles. The molecule has 0 aliphatic carbocycles. The van der Waals surface area contributed by atoms with Gasteiger partial charge in [-0.2, -0.15) is 0 Å². The van der Waals surface area contributed by atoms with E-state index in [1.54, 1.807) is 12.4 Å². The van der Waals surface area contributed by atoms with Crippen LogP contribution in [0.4, 0.5) is 0 Å². The van der Waals surface area contributed by atoms with Gasteiger partial charge in [-0.25, -0.2) is 0 Å². The molecule has 1 aromatic heterocycles. The summed E-state index contributed by atoms with van der Waals surface area (Å²) >= 11 is 3.43. The number of halogens is 1. The molecule has 1 atom stereocenters. The molecule has 1 amide bonds. The number of hydrogen-bond donors (Lipinski definition) is 0. The lowest BCUT2D eigenvalue weighted by Crippen LogP contribution is -2.24. The average molecular weight is 269 g/mol. The van der Waals surface area contributed by atoms with E-state index in [0.29, 0.717) is 18.9 Å². The molecule has 1 fully saturated rings. The second kappa shape index (κ2) is 4.75. The summed E-state index contributed by atoms with van der Waals surface area (Å²) < 4.78 is 0. The fourth-order valence-corrected chi connectivity index (χ4v) is 2.25. The fraction of sp³-hybridized carbons (Fsp3) is 0.455. The lowest BCUT2D eigenvalue weighted by molar-refractivity contribution is -0.128. The van der Waals surface area contributed by atoms with Crippen molar-refractivity contribution in [3.8, 4) is 0 Å². The van der Waals surface area contributed by atoms with Crippen LogP contribution in [0.2, 0.25) is 0 Å². The molecule has 1 aliphatic heterocycles. The van der Waals surface area contributed by atoms with Gasteiger partial charge >= 0.3 is 0 Å². The third-order valence-corrected chi connectivity index (χ3v) is 3.55. The van der Waals surface area contributed by atoms with Gasteiger partial charge in [-0.15, -0.1) is 0 Å². The zero-order valence-electron chi connectivity index (χ0n) is 8.40. The SMILES string of the molecule is O=C1CC(CBr)CN1Cc1ccncc1. The highest BCUT2D eigenvalue weighted by Gasteiger charge is 2.28. The van der Waals surface area contributed by atoms with Crippen LogP contribution in [0.5, 0.6) is 0 Å². The maximum Gasteiger partial charge on any atom is 0.223 e. The topological polar surface area (TPSA) is 33.2 Å². The molecule has 1 aliphatic rings. The summed E-state index contributed by atoms with van der Waals surface area (Å²) in [6, 6.07) is 3.91. The maximum atomic E-state index is 11.6. The van der Waals surface area contributed by atoms with Gasteiger partial charge in [-0.1, -0.05) is 15.9 Å². The van der Waals surface area contributed by atoms with Crippen molar-refractivity contribution in [1.82, 2.24) is 9.88 Å². The molecular weight excluding hydrogens is 256 g/mol. The first-order valence-corrected chi connectivity index (χ1v) is 6.14. The predicted octanol–water partition coefficient (Wildman–Crippen LogP) is 1.82. The number of carbonyl (C=O) groups excluding carboxylic acids is 1. The summed E-state index contributed by atoms with van der Waals surface area (Å²) in [5, 5.41) is 0.908. The molecule has 0 aromatic carbocycles. The highest BCUT2D eigenvalue weighted by atomic mass is 79.9. The van der Waals surface area contributed by atoms with Gasteiger partial charge in [0.2, 0.25) is 5.91 Å². The van der Waals surface area contributed by atoms with Crippen LogP contribution >= 0.6 is 15.9 Å². The van der Waals surface area contributed by atoms with Gasteiger partial charge in [0.25, 0.3) is 0 Å². The van der Waals surface area contributed by atoms with Crippen LogP contribution in [-0.4, -0.2) is 27.7 Å². The second-order valence-corrected chi connectivity index (χ2v) is 4.50. The van der Waals surface area contributed by atoms with Crippen molar-refractivity contribution in [3.05, 3.63) is 30.1 Å². The van der Waals surface area contributed by atoms with Crippen molar-refractivity contribution in [2.24, 2.45) is 5.92 Å². The molecule has 2 heterocycles. The van der Waals surface area contributed by atoms with Gasteiger partial charge in [-0.05, 0) is 23.6 Å². The molecule has 0 spiro atoms. The highest BCUT2D eigenvalue weighted by molar-refractivity contribution is 9.09. The number of likely N-dealkylation sites (tertiary alicyclic amines) is 1. The number of aromatic nitrogens is 1. The molecular formula is C11H13BrN2O. The first kappa shape index (κ1) is 10.6. The van der Waals surface area contributed by atoms with Gasteiger partial charge in [0.05, 0.1) is 0 Å². The Morgan fingerprint density at radius 3 is 2.80 bits per heavy atom. The zero-order chi connectivity index (χ0) is 10.7. The third kappa shape index (κ3) is 2.56. The highest BCUT2D eigenvalue weighted by Crippen LogP contribution is 2.21. The third-order valence-electron chi connectivity index (χ3n) is 2.64. The summed E-state index contributed by atoms with van der Waals surface area (Å²) in [4.78, 5) is 17.5. The van der Waals surface area contributed by atoms with Gasteiger partial charge in [0, 0.05) is 37.2 Å². The van der Waals surface area contributed by atoms with Crippen LogP contribution in [-0.2, 0) is 11.3 Å². The Balaban J connectivity index is 1.99. The minimum absolute atomic E-state index is 0.260. The summed E-state index contributed by atoms with van der Waals surface area (Å²) in [5.74, 6) is 0.732. The number of alkyl halides is 1. The number of amides is 1. The molecule has 1 aromatic rings. The van der Waals surface area contributed by atoms with Crippen LogP contribution in [0.25, 0.3) is 0 Å². The van der Waals surface area contributed by atoms with Crippen LogP contribution in [0.3, 0.4) is 0 Å². The number of carbonyl (C=O) groups is 1. The first-order chi connectivity index (χ1) is 7.29. The standard InChI is InChI=1S/C11H13BrN2O/c12-6-10-5-11(15)14(8-10)7-9-1-3-13-4-2-9/h1-4,10H,5-8H2. The van der Waals surface area contributed by atoms with Crippen molar-refractivity contribution in [2.75, 3.05) is 11.9 Å². The van der Waals surface area contributed by atoms with Crippen molar-refractivity contribution in [1.29, 1.82) is 0 Å². The van der Waals surface area contributed by atoms with Crippen LogP contribution in [0, 0.1) is 5.92 Å². The Morgan fingerprint density at radius 2 is 2.20 bits per heavy atom. The number of nitrogens with zero attached hydrogens (tertiary/aromatic N) is 2. The zero-order valence-corrected chi connectivity index (χ0v) is 9.98. The van der Waals surface area contributed by atoms with E-state index in [1.807, 2.05) is 17.0 Å². The molecule has 2 rings (SSSR count). The summed E-state index contributed by atoms with van der Waals surface area (Å²) in [6.07, 6.45) is 4.20. The van der Waals surface area contributed by atoms with Crippen molar-refractivity contribution < 1.29 is 4.79 Å². The van der Waals surface area contributed by atoms with E-state index in [0.717, 1.165) is 17.4 Å². The minimum atomic E-state index is 0.260. The Hall–Kier alpha value is -0.900. The summed E-state index contributed by atoms with van der Waals surface area (Å²) in [6.45, 7) is 1.58. The van der Waals surface area contributed by atoms with Gasteiger partial charge in [0.1, 0.15) is 0 Å². The average Bonchev–Trinajstić information content (AvgIpc) is 2.61. The number of hydrogen-bond acceptors (Lipinski definition) is 2. The molecule has 1 saturated heterocycles. The van der Waals surface area contributed by atoms with E-state index in [9.17, 15) is 4.79 Å². The van der Waals surface area contributed by atoms with E-state index in [2.05, 4.69) is 20.9 Å². The molecule has 3 nitrogen and oxygen atoms in total. The minimum Gasteiger partial charge on any atom is -0.338 e. The normalized spacial score (nSPS) is 21.0. The van der Waals surface area contributed by atoms with Crippen LogP contribution in [0.1, 0.15) is 12.0 Å². The molecule has 0 N–H and O–H groups in total. The van der Waals surface area contributed by atoms with Gasteiger partial charge in [0.15, 0.2) is 0 Å². The summed E-state index contributed by atoms with van der Waals surface area (Å²) in [7, 11) is 0. The van der Waals surface area contributed by atoms with Crippen LogP contribution < -0.4 is 0 Å². The van der Waals surface area contributed by atoms with E-state index in [1.165, 1.54) is 0 Å². The molecule has 0 bridgehead atoms. The first-order valence-electron chi connectivity index (χ1n) is 5.02.